The van der Waals surface area contributed by atoms with Crippen LogP contribution < -0.4 is 14.8 Å². The van der Waals surface area contributed by atoms with Crippen molar-refractivity contribution in [3.8, 4) is 11.5 Å². The number of carbonyl (C=O) groups excluding carboxylic acids is 1. The summed E-state index contributed by atoms with van der Waals surface area (Å²) in [5.74, 6) is 2.39. The molecule has 2 aliphatic rings. The number of methoxy groups -OCH3 is 1. The Morgan fingerprint density at radius 2 is 1.82 bits per heavy atom. The summed E-state index contributed by atoms with van der Waals surface area (Å²) in [6.07, 6.45) is 2.26. The van der Waals surface area contributed by atoms with Gasteiger partial charge >= 0.3 is 0 Å². The molecule has 2 heterocycles. The number of aliphatic imine (C=N–C) groups is 1. The number of hydrogen-bond donors (Lipinski definition) is 2. The summed E-state index contributed by atoms with van der Waals surface area (Å²) < 4.78 is 10.9. The van der Waals surface area contributed by atoms with Crippen molar-refractivity contribution in [2.45, 2.75) is 26.3 Å². The lowest BCUT2D eigenvalue weighted by molar-refractivity contribution is -0.131. The highest BCUT2D eigenvalue weighted by Gasteiger charge is 2.24. The summed E-state index contributed by atoms with van der Waals surface area (Å²) in [6.45, 7) is 9.31. The van der Waals surface area contributed by atoms with E-state index in [0.717, 1.165) is 70.2 Å². The zero-order chi connectivity index (χ0) is 22.8. The van der Waals surface area contributed by atoms with Gasteiger partial charge in [0.25, 0.3) is 0 Å². The Morgan fingerprint density at radius 1 is 1.09 bits per heavy atom. The van der Waals surface area contributed by atoms with Crippen LogP contribution in [0.4, 0.5) is 0 Å². The fourth-order valence-electron chi connectivity index (χ4n) is 4.05. The Morgan fingerprint density at radius 3 is 2.45 bits per heavy atom. The van der Waals surface area contributed by atoms with Crippen LogP contribution in [0.3, 0.4) is 0 Å². The maximum atomic E-state index is 12.4. The van der Waals surface area contributed by atoms with Crippen LogP contribution in [-0.2, 0) is 11.3 Å². The Balaban J connectivity index is 0.00000385. The third-order valence-corrected chi connectivity index (χ3v) is 5.81. The van der Waals surface area contributed by atoms with Gasteiger partial charge in [0.05, 0.1) is 26.8 Å². The normalized spacial score (nSPS) is 17.0. The minimum absolute atomic E-state index is 0. The number of nitrogens with zero attached hydrogens (tertiary/aromatic N) is 4. The van der Waals surface area contributed by atoms with Crippen LogP contribution in [0.1, 0.15) is 25.3 Å². The molecular formula is C23H38IN5O4. The molecule has 33 heavy (non-hydrogen) atoms. The highest BCUT2D eigenvalue weighted by Crippen LogP contribution is 2.28. The zero-order valence-corrected chi connectivity index (χ0v) is 22.1. The quantitative estimate of drug-likeness (QED) is 0.262. The number of ether oxygens (including phenoxy) is 2. The largest absolute Gasteiger partial charge is 0.493 e. The molecule has 0 atom stereocenters. The molecule has 0 aromatic heterocycles. The molecular weight excluding hydrogens is 537 g/mol. The Hall–Kier alpha value is -1.79. The minimum Gasteiger partial charge on any atom is -0.493 e. The van der Waals surface area contributed by atoms with Crippen molar-refractivity contribution < 1.29 is 19.4 Å². The average molecular weight is 575 g/mol. The van der Waals surface area contributed by atoms with Crippen molar-refractivity contribution >= 4 is 35.8 Å². The lowest BCUT2D eigenvalue weighted by Crippen LogP contribution is -2.54. The Bertz CT molecular complexity index is 765. The van der Waals surface area contributed by atoms with Gasteiger partial charge in [-0.15, -0.1) is 24.0 Å². The van der Waals surface area contributed by atoms with Crippen molar-refractivity contribution in [3.05, 3.63) is 23.8 Å². The van der Waals surface area contributed by atoms with Crippen molar-refractivity contribution in [3.63, 3.8) is 0 Å². The van der Waals surface area contributed by atoms with Gasteiger partial charge in [-0.3, -0.25) is 9.69 Å². The van der Waals surface area contributed by atoms with Gasteiger partial charge in [-0.1, -0.05) is 6.07 Å². The molecule has 0 saturated carbocycles. The Kier molecular flexibility index (Phi) is 12.0. The second-order valence-corrected chi connectivity index (χ2v) is 8.08. The fraction of sp³-hybridized carbons (Fsp3) is 0.652. The number of nitrogens with one attached hydrogen (secondary N) is 1. The third-order valence-electron chi connectivity index (χ3n) is 5.81. The van der Waals surface area contributed by atoms with E-state index in [1.165, 1.54) is 0 Å². The number of guanidine groups is 1. The molecule has 2 aliphatic heterocycles. The number of halogens is 1. The van der Waals surface area contributed by atoms with Crippen molar-refractivity contribution in [2.75, 3.05) is 72.7 Å². The van der Waals surface area contributed by atoms with Gasteiger partial charge in [-0.25, -0.2) is 4.99 Å². The van der Waals surface area contributed by atoms with E-state index in [9.17, 15) is 4.79 Å². The van der Waals surface area contributed by atoms with Crippen LogP contribution in [0.5, 0.6) is 11.5 Å². The van der Waals surface area contributed by atoms with E-state index in [1.54, 1.807) is 7.11 Å². The van der Waals surface area contributed by atoms with E-state index in [-0.39, 0.29) is 43.1 Å². The first-order valence-electron chi connectivity index (χ1n) is 11.6. The first-order valence-corrected chi connectivity index (χ1v) is 11.6. The van der Waals surface area contributed by atoms with Gasteiger partial charge in [0.2, 0.25) is 5.91 Å². The first-order chi connectivity index (χ1) is 15.6. The number of aliphatic hydroxyl groups is 1. The van der Waals surface area contributed by atoms with Gasteiger partial charge < -0.3 is 29.7 Å². The molecule has 0 aliphatic carbocycles. The molecule has 0 radical (unpaired) electrons. The van der Waals surface area contributed by atoms with Gasteiger partial charge in [0, 0.05) is 45.8 Å². The standard InChI is InChI=1S/C23H37N5O4.HI/c1-3-24-23(25-17-19-6-7-20(32-15-14-29)21(16-19)31-2)28-12-10-26(11-13-28)18-22(30)27-8-4-5-9-27;/h6-7,16,29H,3-5,8-15,17-18H2,1-2H3,(H,24,25);1H. The number of rotatable bonds is 9. The maximum Gasteiger partial charge on any atom is 0.236 e. The second-order valence-electron chi connectivity index (χ2n) is 8.08. The van der Waals surface area contributed by atoms with E-state index >= 15 is 0 Å². The number of piperazine rings is 1. The molecule has 1 aromatic rings. The van der Waals surface area contributed by atoms with Gasteiger partial charge in [-0.2, -0.15) is 0 Å². The van der Waals surface area contributed by atoms with E-state index in [2.05, 4.69) is 22.0 Å². The second kappa shape index (κ2) is 14.5. The third kappa shape index (κ3) is 8.18. The highest BCUT2D eigenvalue weighted by molar-refractivity contribution is 14.0. The number of likely N-dealkylation sites (tertiary alicyclic amines) is 1. The molecule has 3 rings (SSSR count). The predicted molar refractivity (Wildman–Crippen MR) is 140 cm³/mol. The summed E-state index contributed by atoms with van der Waals surface area (Å²) in [6, 6.07) is 5.73. The lowest BCUT2D eigenvalue weighted by Gasteiger charge is -2.36. The van der Waals surface area contributed by atoms with Crippen LogP contribution in [0.15, 0.2) is 23.2 Å². The van der Waals surface area contributed by atoms with E-state index in [0.29, 0.717) is 24.6 Å². The number of aliphatic hydroxyl groups excluding tert-OH is 1. The predicted octanol–water partition coefficient (Wildman–Crippen LogP) is 1.39. The lowest BCUT2D eigenvalue weighted by atomic mass is 10.2. The Labute approximate surface area is 214 Å². The molecule has 2 saturated heterocycles. The van der Waals surface area contributed by atoms with E-state index in [4.69, 9.17) is 19.6 Å². The molecule has 1 amide bonds. The molecule has 186 valence electrons. The van der Waals surface area contributed by atoms with Crippen LogP contribution in [0.2, 0.25) is 0 Å². The van der Waals surface area contributed by atoms with Crippen LogP contribution in [0.25, 0.3) is 0 Å². The molecule has 9 nitrogen and oxygen atoms in total. The molecule has 2 N–H and O–H groups in total. The summed E-state index contributed by atoms with van der Waals surface area (Å²) in [5, 5.41) is 12.3. The van der Waals surface area contributed by atoms with E-state index < -0.39 is 0 Å². The van der Waals surface area contributed by atoms with E-state index in [1.807, 2.05) is 23.1 Å². The maximum absolute atomic E-state index is 12.4. The van der Waals surface area contributed by atoms with Crippen molar-refractivity contribution in [1.29, 1.82) is 0 Å². The van der Waals surface area contributed by atoms with Gasteiger partial charge in [0.1, 0.15) is 6.61 Å². The van der Waals surface area contributed by atoms with Crippen molar-refractivity contribution in [2.24, 2.45) is 4.99 Å². The SMILES string of the molecule is CCNC(=NCc1ccc(OCCO)c(OC)c1)N1CCN(CC(=O)N2CCCC2)CC1.I. The molecule has 0 spiro atoms. The minimum atomic E-state index is -0.0407. The number of amides is 1. The smallest absolute Gasteiger partial charge is 0.236 e. The highest BCUT2D eigenvalue weighted by atomic mass is 127. The first kappa shape index (κ1) is 27.5. The van der Waals surface area contributed by atoms with Crippen LogP contribution >= 0.6 is 24.0 Å². The number of benzene rings is 1. The number of hydrogen-bond acceptors (Lipinski definition) is 6. The van der Waals surface area contributed by atoms with Gasteiger partial charge in [0.15, 0.2) is 17.5 Å². The van der Waals surface area contributed by atoms with Crippen LogP contribution in [0, 0.1) is 0 Å². The number of carbonyl (C=O) groups is 1. The summed E-state index contributed by atoms with van der Waals surface area (Å²) in [5.41, 5.74) is 1.02. The fourth-order valence-corrected chi connectivity index (χ4v) is 4.05. The van der Waals surface area contributed by atoms with Gasteiger partial charge in [-0.05, 0) is 37.5 Å². The molecule has 2 fully saturated rings. The molecule has 0 bridgehead atoms. The summed E-state index contributed by atoms with van der Waals surface area (Å²) in [4.78, 5) is 23.8. The topological polar surface area (TPSA) is 89.9 Å². The molecule has 0 unspecified atom stereocenters. The average Bonchev–Trinajstić information content (AvgIpc) is 3.36. The summed E-state index contributed by atoms with van der Waals surface area (Å²) in [7, 11) is 1.60. The molecule has 1 aromatic carbocycles. The molecule has 10 heteroatoms. The summed E-state index contributed by atoms with van der Waals surface area (Å²) >= 11 is 0. The monoisotopic (exact) mass is 575 g/mol. The van der Waals surface area contributed by atoms with Crippen LogP contribution in [-0.4, -0.2) is 104 Å². The zero-order valence-electron chi connectivity index (χ0n) is 19.8. The van der Waals surface area contributed by atoms with Crippen molar-refractivity contribution in [1.82, 2.24) is 20.0 Å².